The fourth-order valence-electron chi connectivity index (χ4n) is 4.54. The summed E-state index contributed by atoms with van der Waals surface area (Å²) in [4.78, 5) is 30.8. The Morgan fingerprint density at radius 2 is 1.84 bits per heavy atom. The molecule has 1 unspecified atom stereocenters. The Morgan fingerprint density at radius 1 is 1.12 bits per heavy atom. The zero-order valence-electron chi connectivity index (χ0n) is 23.1. The Hall–Kier alpha value is -3.89. The minimum atomic E-state index is -4.59. The van der Waals surface area contributed by atoms with Crippen molar-refractivity contribution in [3.63, 3.8) is 0 Å². The minimum absolute atomic E-state index is 0.0576. The minimum Gasteiger partial charge on any atom is -0.384 e. The van der Waals surface area contributed by atoms with Crippen LogP contribution < -0.4 is 5.32 Å². The molecule has 0 bridgehead atoms. The van der Waals surface area contributed by atoms with Gasteiger partial charge in [-0.15, -0.1) is 0 Å². The molecule has 11 nitrogen and oxygen atoms in total. The molecule has 5 rings (SSSR count). The van der Waals surface area contributed by atoms with Gasteiger partial charge in [0.1, 0.15) is 23.9 Å². The summed E-state index contributed by atoms with van der Waals surface area (Å²) in [7, 11) is -2.59. The molecule has 0 aliphatic rings. The van der Waals surface area contributed by atoms with Crippen molar-refractivity contribution >= 4 is 54.1 Å². The average Bonchev–Trinajstić information content (AvgIpc) is 3.52. The second-order valence-corrected chi connectivity index (χ2v) is 12.5. The van der Waals surface area contributed by atoms with Crippen LogP contribution in [0.5, 0.6) is 0 Å². The molecule has 0 fully saturated rings. The van der Waals surface area contributed by atoms with Crippen LogP contribution in [0.15, 0.2) is 58.3 Å². The molecule has 226 valence electrons. The number of nitrogens with zero attached hydrogens (tertiary/aromatic N) is 6. The summed E-state index contributed by atoms with van der Waals surface area (Å²) in [6.45, 7) is 2.02. The summed E-state index contributed by atoms with van der Waals surface area (Å²) in [6.07, 6.45) is -0.101. The van der Waals surface area contributed by atoms with Crippen molar-refractivity contribution in [1.82, 2.24) is 33.8 Å². The standard InChI is InChI=1S/C27H25BrF3N7O4S/c1-15-4-6-18(7-5-15)43(40,41)37-13-20(19-10-17(28)11-33-24(19)37)23-32-12-21-25(36-23)38(22(35-21)8-9-42-3)16(2)26(39)34-14-27(29,30)31/h4-7,10-13,16H,8-9,14H2,1-3H3,(H,34,39). The molecule has 0 aliphatic carbocycles. The number of amides is 1. The lowest BCUT2D eigenvalue weighted by atomic mass is 10.2. The number of ether oxygens (including phenoxy) is 1. The van der Waals surface area contributed by atoms with E-state index in [0.29, 0.717) is 26.8 Å². The molecule has 5 aromatic rings. The first-order chi connectivity index (χ1) is 20.3. The summed E-state index contributed by atoms with van der Waals surface area (Å²) in [5, 5.41) is 2.33. The van der Waals surface area contributed by atoms with E-state index in [9.17, 15) is 26.4 Å². The third kappa shape index (κ3) is 6.12. The Balaban J connectivity index is 1.67. The fourth-order valence-corrected chi connectivity index (χ4v) is 6.19. The van der Waals surface area contributed by atoms with E-state index >= 15 is 0 Å². The number of halogens is 4. The summed E-state index contributed by atoms with van der Waals surface area (Å²) in [6, 6.07) is 6.94. The van der Waals surface area contributed by atoms with E-state index in [-0.39, 0.29) is 35.0 Å². The van der Waals surface area contributed by atoms with Gasteiger partial charge < -0.3 is 14.6 Å². The number of hydrogen-bond acceptors (Lipinski definition) is 8. The maximum Gasteiger partial charge on any atom is 0.405 e. The number of aryl methyl sites for hydroxylation is 1. The highest BCUT2D eigenvalue weighted by Crippen LogP contribution is 2.33. The topological polar surface area (TPSA) is 134 Å². The van der Waals surface area contributed by atoms with Gasteiger partial charge in [-0.3, -0.25) is 4.79 Å². The lowest BCUT2D eigenvalue weighted by Gasteiger charge is -2.17. The number of carbonyl (C=O) groups excluding carboxylic acids is 1. The number of pyridine rings is 1. The van der Waals surface area contributed by atoms with E-state index in [0.717, 1.165) is 9.54 Å². The largest absolute Gasteiger partial charge is 0.405 e. The first-order valence-corrected chi connectivity index (χ1v) is 15.1. The molecule has 1 atom stereocenters. The van der Waals surface area contributed by atoms with Crippen LogP contribution in [-0.2, 0) is 26.0 Å². The van der Waals surface area contributed by atoms with Gasteiger partial charge in [-0.2, -0.15) is 13.2 Å². The Morgan fingerprint density at radius 3 is 2.51 bits per heavy atom. The van der Waals surface area contributed by atoms with E-state index < -0.39 is 34.7 Å². The van der Waals surface area contributed by atoms with Gasteiger partial charge >= 0.3 is 6.18 Å². The Kier molecular flexibility index (Phi) is 8.28. The number of aromatic nitrogens is 6. The number of hydrogen-bond donors (Lipinski definition) is 1. The van der Waals surface area contributed by atoms with Gasteiger partial charge in [0.25, 0.3) is 10.0 Å². The molecule has 4 aromatic heterocycles. The van der Waals surface area contributed by atoms with Crippen LogP contribution >= 0.6 is 15.9 Å². The Labute approximate surface area is 252 Å². The maximum absolute atomic E-state index is 13.7. The van der Waals surface area contributed by atoms with Crippen molar-refractivity contribution in [3.8, 4) is 11.4 Å². The Bertz CT molecular complexity index is 1940. The van der Waals surface area contributed by atoms with Crippen LogP contribution in [0, 0.1) is 6.92 Å². The van der Waals surface area contributed by atoms with Crippen molar-refractivity contribution in [2.45, 2.75) is 37.4 Å². The molecule has 1 N–H and O–H groups in total. The van der Waals surface area contributed by atoms with E-state index in [4.69, 9.17) is 4.74 Å². The van der Waals surface area contributed by atoms with Crippen LogP contribution in [0.2, 0.25) is 0 Å². The molecule has 0 saturated heterocycles. The van der Waals surface area contributed by atoms with E-state index in [1.54, 1.807) is 18.2 Å². The zero-order chi connectivity index (χ0) is 31.1. The molecule has 43 heavy (non-hydrogen) atoms. The molecule has 16 heteroatoms. The second kappa shape index (κ2) is 11.7. The van der Waals surface area contributed by atoms with Gasteiger partial charge in [-0.05, 0) is 48.0 Å². The number of alkyl halides is 3. The van der Waals surface area contributed by atoms with Crippen LogP contribution in [0.4, 0.5) is 13.2 Å². The van der Waals surface area contributed by atoms with Crippen LogP contribution in [0.1, 0.15) is 24.4 Å². The molecule has 1 amide bonds. The second-order valence-electron chi connectivity index (χ2n) is 9.73. The zero-order valence-corrected chi connectivity index (χ0v) is 25.5. The molecule has 0 saturated carbocycles. The predicted molar refractivity (Wildman–Crippen MR) is 155 cm³/mol. The number of carbonyl (C=O) groups is 1. The quantitative estimate of drug-likeness (QED) is 0.239. The van der Waals surface area contributed by atoms with Crippen molar-refractivity contribution in [1.29, 1.82) is 0 Å². The first-order valence-electron chi connectivity index (χ1n) is 12.9. The summed E-state index contributed by atoms with van der Waals surface area (Å²) < 4.78 is 74.0. The highest BCUT2D eigenvalue weighted by molar-refractivity contribution is 9.10. The van der Waals surface area contributed by atoms with E-state index in [2.05, 4.69) is 35.9 Å². The number of rotatable bonds is 9. The van der Waals surface area contributed by atoms with Gasteiger partial charge in [-0.25, -0.2) is 32.3 Å². The van der Waals surface area contributed by atoms with E-state index in [1.807, 2.05) is 12.2 Å². The van der Waals surface area contributed by atoms with Crippen molar-refractivity contribution in [2.75, 3.05) is 20.3 Å². The van der Waals surface area contributed by atoms with Crippen LogP contribution in [-0.4, -0.2) is 69.2 Å². The normalized spacial score (nSPS) is 13.1. The average molecular weight is 681 g/mol. The highest BCUT2D eigenvalue weighted by Gasteiger charge is 2.31. The lowest BCUT2D eigenvalue weighted by molar-refractivity contribution is -0.140. The molecule has 0 radical (unpaired) electrons. The lowest BCUT2D eigenvalue weighted by Crippen LogP contribution is -2.38. The molecule has 0 aliphatic heterocycles. The summed E-state index contributed by atoms with van der Waals surface area (Å²) in [5.41, 5.74) is 1.82. The smallest absolute Gasteiger partial charge is 0.384 e. The van der Waals surface area contributed by atoms with Gasteiger partial charge in [0.15, 0.2) is 17.1 Å². The number of benzene rings is 1. The maximum atomic E-state index is 13.7. The van der Waals surface area contributed by atoms with Gasteiger partial charge in [0.05, 0.1) is 17.7 Å². The number of imidazole rings is 1. The van der Waals surface area contributed by atoms with Crippen molar-refractivity contribution in [2.24, 2.45) is 0 Å². The third-order valence-electron chi connectivity index (χ3n) is 6.66. The van der Waals surface area contributed by atoms with Gasteiger partial charge in [-0.1, -0.05) is 17.7 Å². The number of methoxy groups -OCH3 is 1. The number of nitrogens with one attached hydrogen (secondary N) is 1. The van der Waals surface area contributed by atoms with Crippen LogP contribution in [0.25, 0.3) is 33.6 Å². The molecular weight excluding hydrogens is 655 g/mol. The van der Waals surface area contributed by atoms with Gasteiger partial charge in [0.2, 0.25) is 5.91 Å². The van der Waals surface area contributed by atoms with Crippen molar-refractivity contribution in [3.05, 3.63) is 64.8 Å². The molecular formula is C27H25BrF3N7O4S. The highest BCUT2D eigenvalue weighted by atomic mass is 79.9. The van der Waals surface area contributed by atoms with E-state index in [1.165, 1.54) is 49.3 Å². The SMILES string of the molecule is COCCc1nc2cnc(-c3cn(S(=O)(=O)c4ccc(C)cc4)c4ncc(Br)cc34)nc2n1C(C)C(=O)NCC(F)(F)F. The number of fused-ring (bicyclic) bond motifs is 2. The molecule has 0 spiro atoms. The molecule has 4 heterocycles. The third-order valence-corrected chi connectivity index (χ3v) is 8.76. The van der Waals surface area contributed by atoms with Crippen LogP contribution in [0.3, 0.4) is 0 Å². The first kappa shape index (κ1) is 30.6. The molecule has 1 aromatic carbocycles. The fraction of sp³-hybridized carbons (Fsp3) is 0.296. The monoisotopic (exact) mass is 679 g/mol. The van der Waals surface area contributed by atoms with Crippen molar-refractivity contribution < 1.29 is 31.1 Å². The van der Waals surface area contributed by atoms with Gasteiger partial charge in [0, 0.05) is 41.3 Å². The predicted octanol–water partition coefficient (Wildman–Crippen LogP) is 4.58. The summed E-state index contributed by atoms with van der Waals surface area (Å²) >= 11 is 3.38. The summed E-state index contributed by atoms with van der Waals surface area (Å²) in [5.74, 6) is -0.436.